The fraction of sp³-hybridized carbons (Fsp3) is 0.417. The second-order valence-corrected chi connectivity index (χ2v) is 4.48. The van der Waals surface area contributed by atoms with E-state index in [1.165, 1.54) is 6.07 Å². The second kappa shape index (κ2) is 6.25. The van der Waals surface area contributed by atoms with Crippen LogP contribution in [0.3, 0.4) is 0 Å². The highest BCUT2D eigenvalue weighted by atomic mass is 35.5. The van der Waals surface area contributed by atoms with Gasteiger partial charge in [-0.3, -0.25) is 4.79 Å². The highest BCUT2D eigenvalue weighted by Gasteiger charge is 2.35. The molecular weight excluding hydrogens is 283 g/mol. The zero-order valence-corrected chi connectivity index (χ0v) is 11.2. The Morgan fingerprint density at radius 1 is 1.37 bits per heavy atom. The average Bonchev–Trinajstić information content (AvgIpc) is 2.27. The summed E-state index contributed by atoms with van der Waals surface area (Å²) in [4.78, 5) is 12.7. The number of rotatable bonds is 5. The van der Waals surface area contributed by atoms with Crippen molar-refractivity contribution in [3.05, 3.63) is 29.3 Å². The molecule has 7 heteroatoms. The van der Waals surface area contributed by atoms with Gasteiger partial charge in [0.2, 0.25) is 0 Å². The molecular formula is C12H13ClF3NO2. The van der Waals surface area contributed by atoms with E-state index in [1.807, 2.05) is 0 Å². The molecule has 0 atom stereocenters. The van der Waals surface area contributed by atoms with Crippen LogP contribution in [0.2, 0.25) is 0 Å². The first kappa shape index (κ1) is 15.8. The molecule has 1 aromatic rings. The molecule has 0 heterocycles. The van der Waals surface area contributed by atoms with Crippen LogP contribution >= 0.6 is 11.6 Å². The van der Waals surface area contributed by atoms with Gasteiger partial charge >= 0.3 is 6.18 Å². The van der Waals surface area contributed by atoms with Crippen molar-refractivity contribution >= 4 is 16.8 Å². The molecule has 0 saturated heterocycles. The summed E-state index contributed by atoms with van der Waals surface area (Å²) in [6.07, 6.45) is -4.60. The minimum absolute atomic E-state index is 0.115. The van der Waals surface area contributed by atoms with E-state index < -0.39 is 17.0 Å². The Morgan fingerprint density at radius 3 is 2.47 bits per heavy atom. The maximum atomic E-state index is 12.8. The fourth-order valence-corrected chi connectivity index (χ4v) is 1.46. The van der Waals surface area contributed by atoms with Gasteiger partial charge in [-0.05, 0) is 43.9 Å². The van der Waals surface area contributed by atoms with Gasteiger partial charge in [0.25, 0.3) is 5.24 Å². The third-order valence-corrected chi connectivity index (χ3v) is 2.53. The molecule has 0 amide bonds. The first-order chi connectivity index (χ1) is 8.71. The molecule has 0 fully saturated rings. The molecule has 1 aromatic carbocycles. The topological polar surface area (TPSA) is 29.5 Å². The van der Waals surface area contributed by atoms with Crippen molar-refractivity contribution in [2.75, 3.05) is 27.2 Å². The highest BCUT2D eigenvalue weighted by Crippen LogP contribution is 2.37. The van der Waals surface area contributed by atoms with Gasteiger partial charge in [0, 0.05) is 12.1 Å². The number of carbonyl (C=O) groups excluding carboxylic acids is 1. The first-order valence-electron chi connectivity index (χ1n) is 5.40. The summed E-state index contributed by atoms with van der Waals surface area (Å²) in [7, 11) is 3.56. The molecule has 0 unspecified atom stereocenters. The highest BCUT2D eigenvalue weighted by molar-refractivity contribution is 6.67. The minimum Gasteiger partial charge on any atom is -0.492 e. The molecule has 1 rings (SSSR count). The summed E-state index contributed by atoms with van der Waals surface area (Å²) >= 11 is 5.17. The van der Waals surface area contributed by atoms with Crippen molar-refractivity contribution in [2.45, 2.75) is 6.18 Å². The van der Waals surface area contributed by atoms with E-state index in [-0.39, 0.29) is 17.9 Å². The van der Waals surface area contributed by atoms with E-state index >= 15 is 0 Å². The van der Waals surface area contributed by atoms with Gasteiger partial charge in [-0.1, -0.05) is 0 Å². The average molecular weight is 296 g/mol. The number of halogens is 4. The molecule has 0 aliphatic heterocycles. The zero-order valence-electron chi connectivity index (χ0n) is 10.4. The van der Waals surface area contributed by atoms with Gasteiger partial charge in [0.15, 0.2) is 0 Å². The molecule has 0 spiro atoms. The maximum Gasteiger partial charge on any atom is 0.419 e. The summed E-state index contributed by atoms with van der Waals surface area (Å²) in [5.74, 6) is -0.309. The Kier molecular flexibility index (Phi) is 5.20. The normalized spacial score (nSPS) is 11.7. The Morgan fingerprint density at radius 2 is 2.00 bits per heavy atom. The third kappa shape index (κ3) is 4.72. The molecule has 0 aliphatic carbocycles. The quantitative estimate of drug-likeness (QED) is 0.782. The van der Waals surface area contributed by atoms with E-state index in [2.05, 4.69) is 0 Å². The Bertz CT molecular complexity index is 461. The zero-order chi connectivity index (χ0) is 14.6. The van der Waals surface area contributed by atoms with Crippen molar-refractivity contribution in [1.29, 1.82) is 0 Å². The van der Waals surface area contributed by atoms with Crippen molar-refractivity contribution in [3.63, 3.8) is 0 Å². The molecule has 0 aromatic heterocycles. The summed E-state index contributed by atoms with van der Waals surface area (Å²) in [5.41, 5.74) is -1.22. The van der Waals surface area contributed by atoms with Crippen LogP contribution in [0.4, 0.5) is 13.2 Å². The lowest BCUT2D eigenvalue weighted by Gasteiger charge is -2.16. The summed E-state index contributed by atoms with van der Waals surface area (Å²) < 4.78 is 43.6. The molecule has 0 N–H and O–H groups in total. The van der Waals surface area contributed by atoms with Crippen LogP contribution in [0.5, 0.6) is 5.75 Å². The van der Waals surface area contributed by atoms with Crippen LogP contribution in [0.15, 0.2) is 18.2 Å². The van der Waals surface area contributed by atoms with Crippen LogP contribution in [0, 0.1) is 0 Å². The predicted molar refractivity (Wildman–Crippen MR) is 65.7 cm³/mol. The Hall–Kier alpha value is -1.27. The number of carbonyl (C=O) groups is 1. The molecule has 0 saturated carbocycles. The summed E-state index contributed by atoms with van der Waals surface area (Å²) in [6.45, 7) is 0.595. The molecule has 3 nitrogen and oxygen atoms in total. The Labute approximate surface area is 113 Å². The van der Waals surface area contributed by atoms with Crippen LogP contribution in [-0.4, -0.2) is 37.4 Å². The van der Waals surface area contributed by atoms with Crippen LogP contribution in [0.1, 0.15) is 15.9 Å². The number of likely N-dealkylation sites (N-methyl/N-ethyl adjacent to an activating group) is 1. The SMILES string of the molecule is CN(C)CCOc1ccc(C(=O)Cl)cc1C(F)(F)F. The van der Waals surface area contributed by atoms with Crippen molar-refractivity contribution in [3.8, 4) is 5.75 Å². The third-order valence-electron chi connectivity index (χ3n) is 2.31. The number of nitrogens with zero attached hydrogens (tertiary/aromatic N) is 1. The number of hydrogen-bond acceptors (Lipinski definition) is 3. The predicted octanol–water partition coefficient (Wildman–Crippen LogP) is 3.02. The summed E-state index contributed by atoms with van der Waals surface area (Å²) in [5, 5.41) is -0.939. The lowest BCUT2D eigenvalue weighted by molar-refractivity contribution is -0.139. The first-order valence-corrected chi connectivity index (χ1v) is 5.78. The fourth-order valence-electron chi connectivity index (χ4n) is 1.34. The number of alkyl halides is 3. The van der Waals surface area contributed by atoms with E-state index in [0.29, 0.717) is 12.6 Å². The van der Waals surface area contributed by atoms with Gasteiger partial charge in [-0.2, -0.15) is 13.2 Å². The smallest absolute Gasteiger partial charge is 0.419 e. The van der Waals surface area contributed by atoms with Crippen molar-refractivity contribution < 1.29 is 22.7 Å². The lowest BCUT2D eigenvalue weighted by atomic mass is 10.1. The standard InChI is InChI=1S/C12H13ClF3NO2/c1-17(2)5-6-19-10-4-3-8(11(13)18)7-9(10)12(14,15)16/h3-4,7H,5-6H2,1-2H3. The van der Waals surface area contributed by atoms with Crippen molar-refractivity contribution in [1.82, 2.24) is 4.90 Å². The number of benzene rings is 1. The molecule has 106 valence electrons. The number of hydrogen-bond donors (Lipinski definition) is 0. The van der Waals surface area contributed by atoms with E-state index in [0.717, 1.165) is 6.07 Å². The summed E-state index contributed by atoms with van der Waals surface area (Å²) in [6, 6.07) is 3.00. The van der Waals surface area contributed by atoms with Gasteiger partial charge < -0.3 is 9.64 Å². The number of ether oxygens (including phenoxy) is 1. The minimum atomic E-state index is -4.60. The van der Waals surface area contributed by atoms with Gasteiger partial charge in [-0.25, -0.2) is 0 Å². The molecule has 0 bridgehead atoms. The van der Waals surface area contributed by atoms with Crippen LogP contribution in [-0.2, 0) is 6.18 Å². The van der Waals surface area contributed by atoms with Crippen molar-refractivity contribution in [2.24, 2.45) is 0 Å². The molecule has 19 heavy (non-hydrogen) atoms. The van der Waals surface area contributed by atoms with Gasteiger partial charge in [-0.15, -0.1) is 0 Å². The molecule has 0 aliphatic rings. The molecule has 0 radical (unpaired) electrons. The lowest BCUT2D eigenvalue weighted by Crippen LogP contribution is -2.20. The van der Waals surface area contributed by atoms with E-state index in [9.17, 15) is 18.0 Å². The largest absolute Gasteiger partial charge is 0.492 e. The second-order valence-electron chi connectivity index (χ2n) is 4.13. The van der Waals surface area contributed by atoms with Gasteiger partial charge in [0.05, 0.1) is 5.56 Å². The Balaban J connectivity index is 3.00. The van der Waals surface area contributed by atoms with Crippen LogP contribution < -0.4 is 4.74 Å². The van der Waals surface area contributed by atoms with Gasteiger partial charge in [0.1, 0.15) is 12.4 Å². The maximum absolute atomic E-state index is 12.8. The van der Waals surface area contributed by atoms with E-state index in [1.54, 1.807) is 19.0 Å². The van der Waals surface area contributed by atoms with Crippen LogP contribution in [0.25, 0.3) is 0 Å². The monoisotopic (exact) mass is 295 g/mol. The van der Waals surface area contributed by atoms with E-state index in [4.69, 9.17) is 16.3 Å².